The van der Waals surface area contributed by atoms with E-state index in [0.717, 1.165) is 24.9 Å². The topological polar surface area (TPSA) is 54.2 Å². The van der Waals surface area contributed by atoms with Crippen LogP contribution in [0.3, 0.4) is 0 Å². The van der Waals surface area contributed by atoms with Gasteiger partial charge in [0, 0.05) is 37.9 Å². The molecule has 26 heavy (non-hydrogen) atoms. The molecule has 0 unspecified atom stereocenters. The van der Waals surface area contributed by atoms with E-state index in [9.17, 15) is 0 Å². The van der Waals surface area contributed by atoms with Crippen molar-refractivity contribution in [2.75, 3.05) is 13.6 Å². The number of hydrogen-bond donors (Lipinski definition) is 2. The van der Waals surface area contributed by atoms with Crippen molar-refractivity contribution in [1.29, 1.82) is 0 Å². The Morgan fingerprint density at radius 2 is 1.96 bits per heavy atom. The van der Waals surface area contributed by atoms with E-state index in [-0.39, 0.29) is 29.4 Å². The maximum Gasteiger partial charge on any atom is 0.191 e. The van der Waals surface area contributed by atoms with Gasteiger partial charge in [0.1, 0.15) is 5.82 Å². The number of halogens is 1. The van der Waals surface area contributed by atoms with Crippen LogP contribution in [0, 0.1) is 5.92 Å². The lowest BCUT2D eigenvalue weighted by atomic mass is 9.96. The summed E-state index contributed by atoms with van der Waals surface area (Å²) >= 11 is 0. The van der Waals surface area contributed by atoms with Crippen LogP contribution < -0.4 is 10.6 Å². The zero-order valence-electron chi connectivity index (χ0n) is 15.9. The third-order valence-electron chi connectivity index (χ3n) is 4.84. The average Bonchev–Trinajstić information content (AvgIpc) is 3.29. The molecule has 1 heterocycles. The summed E-state index contributed by atoms with van der Waals surface area (Å²) in [6, 6.07) is 10.8. The van der Waals surface area contributed by atoms with Gasteiger partial charge >= 0.3 is 0 Å². The number of nitrogens with zero attached hydrogens (tertiary/aromatic N) is 3. The molecule has 0 amide bonds. The van der Waals surface area contributed by atoms with Gasteiger partial charge in [-0.1, -0.05) is 44.2 Å². The molecule has 0 bridgehead atoms. The van der Waals surface area contributed by atoms with Crippen LogP contribution in [0.15, 0.2) is 47.7 Å². The lowest BCUT2D eigenvalue weighted by Crippen LogP contribution is -2.41. The molecule has 6 heteroatoms. The van der Waals surface area contributed by atoms with Crippen LogP contribution in [0.25, 0.3) is 0 Å². The van der Waals surface area contributed by atoms with E-state index in [1.807, 2.05) is 19.4 Å². The van der Waals surface area contributed by atoms with E-state index in [0.29, 0.717) is 12.5 Å². The number of aliphatic imine (C=N–C) groups is 1. The summed E-state index contributed by atoms with van der Waals surface area (Å²) in [5.41, 5.74) is 1.69. The van der Waals surface area contributed by atoms with E-state index >= 15 is 0 Å². The van der Waals surface area contributed by atoms with Gasteiger partial charge < -0.3 is 15.2 Å². The number of nitrogens with one attached hydrogen (secondary N) is 2. The highest BCUT2D eigenvalue weighted by Gasteiger charge is 2.43. The largest absolute Gasteiger partial charge is 0.356 e. The Hall–Kier alpha value is -1.57. The van der Waals surface area contributed by atoms with Crippen LogP contribution in [0.2, 0.25) is 0 Å². The molecule has 0 spiro atoms. The first-order valence-electron chi connectivity index (χ1n) is 9.13. The molecule has 3 rings (SSSR count). The fraction of sp³-hybridized carbons (Fsp3) is 0.500. The highest BCUT2D eigenvalue weighted by Crippen LogP contribution is 2.47. The van der Waals surface area contributed by atoms with Crippen molar-refractivity contribution in [2.24, 2.45) is 10.9 Å². The van der Waals surface area contributed by atoms with Crippen molar-refractivity contribution in [2.45, 2.75) is 45.2 Å². The monoisotopic (exact) mass is 467 g/mol. The summed E-state index contributed by atoms with van der Waals surface area (Å²) in [6.07, 6.45) is 6.38. The predicted molar refractivity (Wildman–Crippen MR) is 118 cm³/mol. The van der Waals surface area contributed by atoms with Crippen LogP contribution in [0.5, 0.6) is 0 Å². The molecule has 1 aromatic heterocycles. The lowest BCUT2D eigenvalue weighted by molar-refractivity contribution is 0.503. The second kappa shape index (κ2) is 9.39. The average molecular weight is 467 g/mol. The fourth-order valence-corrected chi connectivity index (χ4v) is 3.21. The summed E-state index contributed by atoms with van der Waals surface area (Å²) in [5.74, 6) is 2.48. The van der Waals surface area contributed by atoms with E-state index < -0.39 is 0 Å². The van der Waals surface area contributed by atoms with Gasteiger partial charge in [0.05, 0.1) is 6.54 Å². The predicted octanol–water partition coefficient (Wildman–Crippen LogP) is 3.55. The van der Waals surface area contributed by atoms with E-state index in [1.165, 1.54) is 18.4 Å². The number of guanidine groups is 1. The van der Waals surface area contributed by atoms with E-state index in [1.54, 1.807) is 0 Å². The minimum atomic E-state index is 0. The molecular weight excluding hydrogens is 437 g/mol. The van der Waals surface area contributed by atoms with Gasteiger partial charge in [-0.15, -0.1) is 24.0 Å². The Labute approximate surface area is 173 Å². The summed E-state index contributed by atoms with van der Waals surface area (Å²) in [7, 11) is 1.82. The SMILES string of the molecule is CN=C(NCc1nccn1CC(C)C)NCC1(c2ccccc2)CC1.I. The zero-order valence-corrected chi connectivity index (χ0v) is 18.2. The molecule has 1 fully saturated rings. The van der Waals surface area contributed by atoms with Gasteiger partial charge in [-0.25, -0.2) is 4.98 Å². The van der Waals surface area contributed by atoms with Crippen molar-refractivity contribution in [3.8, 4) is 0 Å². The number of benzene rings is 1. The smallest absolute Gasteiger partial charge is 0.191 e. The minimum absolute atomic E-state index is 0. The summed E-state index contributed by atoms with van der Waals surface area (Å²) < 4.78 is 2.21. The van der Waals surface area contributed by atoms with Crippen molar-refractivity contribution < 1.29 is 0 Å². The van der Waals surface area contributed by atoms with Gasteiger partial charge in [0.25, 0.3) is 0 Å². The highest BCUT2D eigenvalue weighted by atomic mass is 127. The van der Waals surface area contributed by atoms with Gasteiger partial charge in [0.15, 0.2) is 5.96 Å². The second-order valence-electron chi connectivity index (χ2n) is 7.32. The molecule has 142 valence electrons. The molecule has 0 aliphatic heterocycles. The van der Waals surface area contributed by atoms with E-state index in [4.69, 9.17) is 0 Å². The van der Waals surface area contributed by atoms with Gasteiger partial charge in [-0.05, 0) is 24.3 Å². The van der Waals surface area contributed by atoms with Crippen molar-refractivity contribution in [1.82, 2.24) is 20.2 Å². The highest BCUT2D eigenvalue weighted by molar-refractivity contribution is 14.0. The standard InChI is InChI=1S/C20H29N5.HI/c1-16(2)14-25-12-11-22-18(25)13-23-19(21-3)24-15-20(9-10-20)17-7-5-4-6-8-17;/h4-8,11-12,16H,9-10,13-15H2,1-3H3,(H2,21,23,24);1H. The molecule has 2 N–H and O–H groups in total. The number of hydrogen-bond acceptors (Lipinski definition) is 2. The van der Waals surface area contributed by atoms with Gasteiger partial charge in [-0.3, -0.25) is 4.99 Å². The second-order valence-corrected chi connectivity index (χ2v) is 7.32. The van der Waals surface area contributed by atoms with Crippen molar-refractivity contribution >= 4 is 29.9 Å². The normalized spacial score (nSPS) is 15.5. The quantitative estimate of drug-likeness (QED) is 0.372. The van der Waals surface area contributed by atoms with Crippen LogP contribution in [0.1, 0.15) is 38.1 Å². The minimum Gasteiger partial charge on any atom is -0.356 e. The van der Waals surface area contributed by atoms with Gasteiger partial charge in [0.2, 0.25) is 0 Å². The molecule has 2 aromatic rings. The molecule has 1 saturated carbocycles. The van der Waals surface area contributed by atoms with Crippen LogP contribution in [-0.2, 0) is 18.5 Å². The summed E-state index contributed by atoms with van der Waals surface area (Å²) in [6.45, 7) is 7.02. The zero-order chi connectivity index (χ0) is 17.7. The first-order valence-corrected chi connectivity index (χ1v) is 9.13. The van der Waals surface area contributed by atoms with E-state index in [2.05, 4.69) is 69.4 Å². The molecule has 1 aliphatic carbocycles. The first kappa shape index (κ1) is 20.7. The first-order chi connectivity index (χ1) is 12.1. The summed E-state index contributed by atoms with van der Waals surface area (Å²) in [5, 5.41) is 6.89. The molecule has 0 radical (unpaired) electrons. The fourth-order valence-electron chi connectivity index (χ4n) is 3.21. The molecule has 0 atom stereocenters. The van der Waals surface area contributed by atoms with Crippen molar-refractivity contribution in [3.63, 3.8) is 0 Å². The van der Waals surface area contributed by atoms with Crippen LogP contribution >= 0.6 is 24.0 Å². The molecule has 5 nitrogen and oxygen atoms in total. The Morgan fingerprint density at radius 1 is 1.23 bits per heavy atom. The third-order valence-corrected chi connectivity index (χ3v) is 4.84. The summed E-state index contributed by atoms with van der Waals surface area (Å²) in [4.78, 5) is 8.82. The molecular formula is C20H30IN5. The number of aromatic nitrogens is 2. The number of imidazole rings is 1. The Kier molecular flexibility index (Phi) is 7.49. The van der Waals surface area contributed by atoms with Crippen LogP contribution in [0.4, 0.5) is 0 Å². The maximum atomic E-state index is 4.46. The van der Waals surface area contributed by atoms with Crippen LogP contribution in [-0.4, -0.2) is 29.1 Å². The Morgan fingerprint density at radius 3 is 2.58 bits per heavy atom. The van der Waals surface area contributed by atoms with Crippen molar-refractivity contribution in [3.05, 3.63) is 54.1 Å². The third kappa shape index (κ3) is 5.22. The van der Waals surface area contributed by atoms with Gasteiger partial charge in [-0.2, -0.15) is 0 Å². The molecule has 1 aromatic carbocycles. The molecule has 0 saturated heterocycles. The Bertz CT molecular complexity index is 704. The molecule has 1 aliphatic rings. The maximum absolute atomic E-state index is 4.46. The Balaban J connectivity index is 0.00000243. The lowest BCUT2D eigenvalue weighted by Gasteiger charge is -2.19. The number of rotatable bonds is 7.